The molecule has 0 aliphatic carbocycles. The summed E-state index contributed by atoms with van der Waals surface area (Å²) in [5, 5.41) is 9.91. The maximum atomic E-state index is 11.9. The fraction of sp³-hybridized carbons (Fsp3) is 0.444. The minimum absolute atomic E-state index is 0.135. The standard InChI is InChI=1S/C18H25N5O2/c1-22-12-15(11-21-22)10-20-18(24)19-9-14-6-7-23(13-14)16-4-3-5-17(8-16)25-2/h3-5,8,11-12,14H,6-7,9-10,13H2,1-2H3,(H2,19,20,24)/t14-/m1/s1. The first kappa shape index (κ1) is 17.1. The lowest BCUT2D eigenvalue weighted by atomic mass is 10.1. The van der Waals surface area contributed by atoms with Crippen LogP contribution >= 0.6 is 0 Å². The third kappa shape index (κ3) is 4.65. The molecule has 1 atom stereocenters. The minimum atomic E-state index is -0.135. The van der Waals surface area contributed by atoms with E-state index in [0.29, 0.717) is 19.0 Å². The van der Waals surface area contributed by atoms with Gasteiger partial charge in [0.15, 0.2) is 0 Å². The SMILES string of the molecule is COc1cccc(N2CC[C@H](CNC(=O)NCc3cnn(C)c3)C2)c1. The number of carbonyl (C=O) groups is 1. The van der Waals surface area contributed by atoms with Gasteiger partial charge >= 0.3 is 6.03 Å². The highest BCUT2D eigenvalue weighted by molar-refractivity contribution is 5.73. The smallest absolute Gasteiger partial charge is 0.315 e. The van der Waals surface area contributed by atoms with Crippen molar-refractivity contribution in [1.82, 2.24) is 20.4 Å². The van der Waals surface area contributed by atoms with E-state index in [1.165, 1.54) is 5.69 Å². The second-order valence-electron chi connectivity index (χ2n) is 6.39. The molecule has 25 heavy (non-hydrogen) atoms. The Hall–Kier alpha value is -2.70. The van der Waals surface area contributed by atoms with Crippen LogP contribution in [0, 0.1) is 5.92 Å². The summed E-state index contributed by atoms with van der Waals surface area (Å²) in [5.74, 6) is 1.32. The van der Waals surface area contributed by atoms with Crippen molar-refractivity contribution < 1.29 is 9.53 Å². The van der Waals surface area contributed by atoms with Gasteiger partial charge in [-0.1, -0.05) is 6.07 Å². The number of aromatic nitrogens is 2. The molecule has 134 valence electrons. The van der Waals surface area contributed by atoms with Crippen LogP contribution in [0.4, 0.5) is 10.5 Å². The average molecular weight is 343 g/mol. The summed E-state index contributed by atoms with van der Waals surface area (Å²) in [6.07, 6.45) is 4.71. The molecular formula is C18H25N5O2. The molecule has 2 heterocycles. The number of benzene rings is 1. The van der Waals surface area contributed by atoms with Crippen LogP contribution in [0.3, 0.4) is 0 Å². The fourth-order valence-corrected chi connectivity index (χ4v) is 3.09. The van der Waals surface area contributed by atoms with Crippen LogP contribution in [0.1, 0.15) is 12.0 Å². The van der Waals surface area contributed by atoms with Gasteiger partial charge in [-0.15, -0.1) is 0 Å². The molecule has 1 aliphatic heterocycles. The summed E-state index contributed by atoms with van der Waals surface area (Å²) in [5.41, 5.74) is 2.16. The largest absolute Gasteiger partial charge is 0.497 e. The van der Waals surface area contributed by atoms with Gasteiger partial charge in [0.05, 0.1) is 13.3 Å². The number of urea groups is 1. The minimum Gasteiger partial charge on any atom is -0.497 e. The fourth-order valence-electron chi connectivity index (χ4n) is 3.09. The number of nitrogens with one attached hydrogen (secondary N) is 2. The number of aryl methyl sites for hydroxylation is 1. The van der Waals surface area contributed by atoms with Crippen molar-refractivity contribution in [3.63, 3.8) is 0 Å². The van der Waals surface area contributed by atoms with Gasteiger partial charge < -0.3 is 20.3 Å². The van der Waals surface area contributed by atoms with Gasteiger partial charge in [0.2, 0.25) is 0 Å². The van der Waals surface area contributed by atoms with E-state index < -0.39 is 0 Å². The summed E-state index contributed by atoms with van der Waals surface area (Å²) < 4.78 is 7.01. The van der Waals surface area contributed by atoms with Crippen molar-refractivity contribution in [2.45, 2.75) is 13.0 Å². The Morgan fingerprint density at radius 2 is 2.28 bits per heavy atom. The molecule has 2 aromatic rings. The molecular weight excluding hydrogens is 318 g/mol. The topological polar surface area (TPSA) is 71.4 Å². The highest BCUT2D eigenvalue weighted by atomic mass is 16.5. The van der Waals surface area contributed by atoms with Crippen molar-refractivity contribution in [3.05, 3.63) is 42.2 Å². The van der Waals surface area contributed by atoms with Crippen LogP contribution in [0.15, 0.2) is 36.7 Å². The number of carbonyl (C=O) groups excluding carboxylic acids is 1. The summed E-state index contributed by atoms with van der Waals surface area (Å²) in [6.45, 7) is 3.10. The highest BCUT2D eigenvalue weighted by Crippen LogP contribution is 2.26. The van der Waals surface area contributed by atoms with Crippen LogP contribution in [0.2, 0.25) is 0 Å². The molecule has 7 nitrogen and oxygen atoms in total. The maximum absolute atomic E-state index is 11.9. The summed E-state index contributed by atoms with van der Waals surface area (Å²) in [4.78, 5) is 14.3. The first-order valence-electron chi connectivity index (χ1n) is 8.52. The highest BCUT2D eigenvalue weighted by Gasteiger charge is 2.23. The number of hydrogen-bond acceptors (Lipinski definition) is 4. The molecule has 3 rings (SSSR count). The van der Waals surface area contributed by atoms with E-state index in [0.717, 1.165) is 30.8 Å². The first-order chi connectivity index (χ1) is 12.1. The number of anilines is 1. The summed E-state index contributed by atoms with van der Waals surface area (Å²) >= 11 is 0. The molecule has 1 aromatic carbocycles. The van der Waals surface area contributed by atoms with Gasteiger partial charge in [-0.3, -0.25) is 4.68 Å². The Morgan fingerprint density at radius 3 is 3.04 bits per heavy atom. The number of rotatable bonds is 6. The van der Waals surface area contributed by atoms with Gasteiger partial charge in [-0.05, 0) is 24.5 Å². The number of ether oxygens (including phenoxy) is 1. The number of hydrogen-bond donors (Lipinski definition) is 2. The lowest BCUT2D eigenvalue weighted by Crippen LogP contribution is -2.38. The first-order valence-corrected chi connectivity index (χ1v) is 8.52. The van der Waals surface area contributed by atoms with E-state index in [4.69, 9.17) is 4.74 Å². The maximum Gasteiger partial charge on any atom is 0.315 e. The Balaban J connectivity index is 1.41. The molecule has 0 radical (unpaired) electrons. The van der Waals surface area contributed by atoms with Crippen LogP contribution < -0.4 is 20.3 Å². The second-order valence-corrected chi connectivity index (χ2v) is 6.39. The number of methoxy groups -OCH3 is 1. The van der Waals surface area contributed by atoms with Gasteiger partial charge in [-0.25, -0.2) is 4.79 Å². The van der Waals surface area contributed by atoms with Crippen molar-refractivity contribution in [2.24, 2.45) is 13.0 Å². The van der Waals surface area contributed by atoms with E-state index in [1.54, 1.807) is 18.0 Å². The lowest BCUT2D eigenvalue weighted by molar-refractivity contribution is 0.239. The zero-order chi connectivity index (χ0) is 17.6. The van der Waals surface area contributed by atoms with Crippen molar-refractivity contribution in [1.29, 1.82) is 0 Å². The molecule has 1 aliphatic rings. The molecule has 1 fully saturated rings. The Kier molecular flexibility index (Phi) is 5.42. The summed E-state index contributed by atoms with van der Waals surface area (Å²) in [6, 6.07) is 7.97. The van der Waals surface area contributed by atoms with Gasteiger partial charge in [0, 0.05) is 56.7 Å². The van der Waals surface area contributed by atoms with E-state index in [-0.39, 0.29) is 6.03 Å². The van der Waals surface area contributed by atoms with Gasteiger partial charge in [0.25, 0.3) is 0 Å². The van der Waals surface area contributed by atoms with E-state index in [9.17, 15) is 4.79 Å². The van der Waals surface area contributed by atoms with Gasteiger partial charge in [-0.2, -0.15) is 5.10 Å². The summed E-state index contributed by atoms with van der Waals surface area (Å²) in [7, 11) is 3.54. The van der Waals surface area contributed by atoms with Gasteiger partial charge in [0.1, 0.15) is 5.75 Å². The van der Waals surface area contributed by atoms with Crippen LogP contribution in [-0.2, 0) is 13.6 Å². The quantitative estimate of drug-likeness (QED) is 0.838. The Morgan fingerprint density at radius 1 is 1.40 bits per heavy atom. The van der Waals surface area contributed by atoms with Crippen LogP contribution in [0.5, 0.6) is 5.75 Å². The van der Waals surface area contributed by atoms with E-state index in [2.05, 4.69) is 32.8 Å². The number of amides is 2. The predicted molar refractivity (Wildman–Crippen MR) is 96.8 cm³/mol. The number of nitrogens with zero attached hydrogens (tertiary/aromatic N) is 3. The monoisotopic (exact) mass is 343 g/mol. The van der Waals surface area contributed by atoms with Crippen LogP contribution in [0.25, 0.3) is 0 Å². The average Bonchev–Trinajstić information content (AvgIpc) is 3.27. The molecule has 0 saturated carbocycles. The zero-order valence-electron chi connectivity index (χ0n) is 14.7. The molecule has 0 bridgehead atoms. The lowest BCUT2D eigenvalue weighted by Gasteiger charge is -2.19. The van der Waals surface area contributed by atoms with E-state index in [1.807, 2.05) is 25.4 Å². The van der Waals surface area contributed by atoms with Crippen molar-refractivity contribution >= 4 is 11.7 Å². The Labute approximate surface area is 148 Å². The van der Waals surface area contributed by atoms with E-state index >= 15 is 0 Å². The molecule has 2 N–H and O–H groups in total. The molecule has 2 amide bonds. The second kappa shape index (κ2) is 7.92. The van der Waals surface area contributed by atoms with Crippen LogP contribution in [-0.4, -0.2) is 42.6 Å². The third-order valence-electron chi connectivity index (χ3n) is 4.47. The molecule has 1 saturated heterocycles. The molecule has 0 spiro atoms. The third-order valence-corrected chi connectivity index (χ3v) is 4.47. The van der Waals surface area contributed by atoms with Crippen molar-refractivity contribution in [2.75, 3.05) is 31.6 Å². The molecule has 1 aromatic heterocycles. The van der Waals surface area contributed by atoms with Crippen molar-refractivity contribution in [3.8, 4) is 5.75 Å². The molecule has 0 unspecified atom stereocenters. The Bertz CT molecular complexity index is 715. The predicted octanol–water partition coefficient (Wildman–Crippen LogP) is 1.75. The molecule has 7 heteroatoms. The zero-order valence-corrected chi connectivity index (χ0v) is 14.7. The normalized spacial score (nSPS) is 16.7.